The summed E-state index contributed by atoms with van der Waals surface area (Å²) in [5, 5.41) is 5.47. The molecule has 0 aromatic carbocycles. The van der Waals surface area contributed by atoms with Crippen molar-refractivity contribution in [3.8, 4) is 11.1 Å². The number of nitrogens with one attached hydrogen (secondary N) is 1. The van der Waals surface area contributed by atoms with Crippen LogP contribution in [0, 0.1) is 11.8 Å². The van der Waals surface area contributed by atoms with Crippen LogP contribution in [-0.2, 0) is 7.05 Å². The minimum absolute atomic E-state index is 0.755. The molecule has 0 aliphatic heterocycles. The van der Waals surface area contributed by atoms with Gasteiger partial charge in [0, 0.05) is 42.2 Å². The highest BCUT2D eigenvalue weighted by Crippen LogP contribution is 2.48. The molecule has 4 heteroatoms. The SMILES string of the molecule is Cn1cc(-c2c[nH]c3ncc(C4=CC5CCC4C5)cc23)cn1. The number of pyridine rings is 1. The maximum Gasteiger partial charge on any atom is 0.137 e. The van der Waals surface area contributed by atoms with Crippen LogP contribution in [0.1, 0.15) is 24.8 Å². The van der Waals surface area contributed by atoms with E-state index >= 15 is 0 Å². The molecule has 0 amide bonds. The Hall–Kier alpha value is -2.36. The molecule has 110 valence electrons. The van der Waals surface area contributed by atoms with Crippen molar-refractivity contribution < 1.29 is 0 Å². The number of hydrogen-bond acceptors (Lipinski definition) is 2. The number of fused-ring (bicyclic) bond motifs is 3. The van der Waals surface area contributed by atoms with E-state index in [4.69, 9.17) is 0 Å². The Balaban J connectivity index is 1.65. The molecular weight excluding hydrogens is 272 g/mol. The molecule has 2 unspecified atom stereocenters. The van der Waals surface area contributed by atoms with E-state index in [-0.39, 0.29) is 0 Å². The van der Waals surface area contributed by atoms with Gasteiger partial charge in [-0.3, -0.25) is 4.68 Å². The average molecular weight is 290 g/mol. The third-order valence-electron chi connectivity index (χ3n) is 5.21. The van der Waals surface area contributed by atoms with Gasteiger partial charge >= 0.3 is 0 Å². The smallest absolute Gasteiger partial charge is 0.137 e. The summed E-state index contributed by atoms with van der Waals surface area (Å²) in [5.41, 5.74) is 6.08. The fraction of sp³-hybridized carbons (Fsp3) is 0.333. The van der Waals surface area contributed by atoms with Gasteiger partial charge < -0.3 is 4.98 Å². The summed E-state index contributed by atoms with van der Waals surface area (Å²) in [6.45, 7) is 0. The standard InChI is InChI=1S/C18H18N4/c1-22-10-14(8-21-22)17-9-20-18-16(17)6-13(7-19-18)15-5-11-2-3-12(15)4-11/h5-12H,2-4H2,1H3,(H,19,20). The Morgan fingerprint density at radius 1 is 1.23 bits per heavy atom. The Bertz CT molecular complexity index is 899. The number of H-pyrrole nitrogens is 1. The van der Waals surface area contributed by atoms with Gasteiger partial charge in [0.05, 0.1) is 6.20 Å². The normalized spacial score (nSPS) is 23.4. The van der Waals surface area contributed by atoms with Crippen molar-refractivity contribution in [3.63, 3.8) is 0 Å². The first-order valence-corrected chi connectivity index (χ1v) is 7.96. The van der Waals surface area contributed by atoms with Crippen molar-refractivity contribution >= 4 is 16.6 Å². The Labute approximate surface area is 128 Å². The number of aromatic nitrogens is 4. The molecule has 3 heterocycles. The Morgan fingerprint density at radius 2 is 2.18 bits per heavy atom. The van der Waals surface area contributed by atoms with Gasteiger partial charge in [-0.25, -0.2) is 4.98 Å². The summed E-state index contributed by atoms with van der Waals surface area (Å²) in [7, 11) is 1.95. The van der Waals surface area contributed by atoms with Crippen LogP contribution in [0.3, 0.4) is 0 Å². The van der Waals surface area contributed by atoms with Gasteiger partial charge in [-0.2, -0.15) is 5.10 Å². The van der Waals surface area contributed by atoms with E-state index in [1.54, 1.807) is 0 Å². The Kier molecular flexibility index (Phi) is 2.40. The van der Waals surface area contributed by atoms with E-state index in [0.29, 0.717) is 0 Å². The second kappa shape index (κ2) is 4.32. The molecule has 5 rings (SSSR count). The fourth-order valence-corrected chi connectivity index (χ4v) is 4.13. The largest absolute Gasteiger partial charge is 0.346 e. The number of nitrogens with zero attached hydrogens (tertiary/aromatic N) is 3. The molecule has 2 bridgehead atoms. The van der Waals surface area contributed by atoms with Gasteiger partial charge in [-0.05, 0) is 48.3 Å². The summed E-state index contributed by atoms with van der Waals surface area (Å²) < 4.78 is 1.84. The topological polar surface area (TPSA) is 46.5 Å². The van der Waals surface area contributed by atoms with Crippen LogP contribution in [0.15, 0.2) is 36.9 Å². The molecular formula is C18H18N4. The lowest BCUT2D eigenvalue weighted by Gasteiger charge is -2.13. The van der Waals surface area contributed by atoms with Gasteiger partial charge in [-0.15, -0.1) is 0 Å². The molecule has 0 spiro atoms. The number of aryl methyl sites for hydroxylation is 1. The van der Waals surface area contributed by atoms with Crippen LogP contribution < -0.4 is 0 Å². The van der Waals surface area contributed by atoms with Gasteiger partial charge in [0.2, 0.25) is 0 Å². The van der Waals surface area contributed by atoms with E-state index in [9.17, 15) is 0 Å². The van der Waals surface area contributed by atoms with E-state index in [1.165, 1.54) is 41.3 Å². The summed E-state index contributed by atoms with van der Waals surface area (Å²) in [6, 6.07) is 2.30. The number of aromatic amines is 1. The third-order valence-corrected chi connectivity index (χ3v) is 5.21. The van der Waals surface area contributed by atoms with Crippen LogP contribution in [0.2, 0.25) is 0 Å². The number of allylic oxidation sites excluding steroid dienone is 2. The molecule has 4 nitrogen and oxygen atoms in total. The van der Waals surface area contributed by atoms with Crippen molar-refractivity contribution in [2.75, 3.05) is 0 Å². The van der Waals surface area contributed by atoms with Gasteiger partial charge in [0.15, 0.2) is 0 Å². The summed E-state index contributed by atoms with van der Waals surface area (Å²) in [6.07, 6.45) is 14.6. The maximum atomic E-state index is 4.64. The molecule has 1 saturated carbocycles. The zero-order chi connectivity index (χ0) is 14.7. The van der Waals surface area contributed by atoms with E-state index in [1.807, 2.05) is 36.5 Å². The summed E-state index contributed by atoms with van der Waals surface area (Å²) in [4.78, 5) is 7.92. The number of hydrogen-bond donors (Lipinski definition) is 1. The molecule has 2 aliphatic carbocycles. The van der Waals surface area contributed by atoms with Crippen LogP contribution in [0.5, 0.6) is 0 Å². The van der Waals surface area contributed by atoms with Gasteiger partial charge in [0.1, 0.15) is 5.65 Å². The lowest BCUT2D eigenvalue weighted by molar-refractivity contribution is 0.695. The van der Waals surface area contributed by atoms with Crippen LogP contribution in [-0.4, -0.2) is 19.7 Å². The zero-order valence-corrected chi connectivity index (χ0v) is 12.6. The monoisotopic (exact) mass is 290 g/mol. The van der Waals surface area contributed by atoms with Gasteiger partial charge in [-0.1, -0.05) is 6.08 Å². The highest BCUT2D eigenvalue weighted by Gasteiger charge is 2.33. The zero-order valence-electron chi connectivity index (χ0n) is 12.6. The molecule has 3 aromatic rings. The minimum Gasteiger partial charge on any atom is -0.346 e. The van der Waals surface area contributed by atoms with Crippen molar-refractivity contribution in [2.24, 2.45) is 18.9 Å². The highest BCUT2D eigenvalue weighted by atomic mass is 15.2. The highest BCUT2D eigenvalue weighted by molar-refractivity contribution is 5.95. The van der Waals surface area contributed by atoms with Crippen molar-refractivity contribution in [3.05, 3.63) is 42.5 Å². The first-order valence-electron chi connectivity index (χ1n) is 7.96. The molecule has 2 aliphatic rings. The summed E-state index contributed by atoms with van der Waals surface area (Å²) in [5.74, 6) is 1.56. The van der Waals surface area contributed by atoms with E-state index < -0.39 is 0 Å². The maximum absolute atomic E-state index is 4.64. The predicted octanol–water partition coefficient (Wildman–Crippen LogP) is 3.78. The average Bonchev–Trinajstić information content (AvgIpc) is 3.29. The second-order valence-electron chi connectivity index (χ2n) is 6.62. The number of rotatable bonds is 2. The Morgan fingerprint density at radius 3 is 2.91 bits per heavy atom. The minimum atomic E-state index is 0.755. The predicted molar refractivity (Wildman–Crippen MR) is 87.1 cm³/mol. The molecule has 22 heavy (non-hydrogen) atoms. The van der Waals surface area contributed by atoms with Crippen LogP contribution >= 0.6 is 0 Å². The third kappa shape index (κ3) is 1.70. The quantitative estimate of drug-likeness (QED) is 0.780. The molecule has 0 radical (unpaired) electrons. The summed E-state index contributed by atoms with van der Waals surface area (Å²) >= 11 is 0. The molecule has 2 atom stereocenters. The molecule has 3 aromatic heterocycles. The van der Waals surface area contributed by atoms with Crippen LogP contribution in [0.4, 0.5) is 0 Å². The molecule has 1 N–H and O–H groups in total. The molecule has 1 fully saturated rings. The van der Waals surface area contributed by atoms with Gasteiger partial charge in [0.25, 0.3) is 0 Å². The first-order chi connectivity index (χ1) is 10.8. The van der Waals surface area contributed by atoms with E-state index in [2.05, 4.69) is 27.2 Å². The van der Waals surface area contributed by atoms with Crippen molar-refractivity contribution in [2.45, 2.75) is 19.3 Å². The van der Waals surface area contributed by atoms with Crippen molar-refractivity contribution in [1.29, 1.82) is 0 Å². The second-order valence-corrected chi connectivity index (χ2v) is 6.62. The van der Waals surface area contributed by atoms with Crippen molar-refractivity contribution in [1.82, 2.24) is 19.7 Å². The fourth-order valence-electron chi connectivity index (χ4n) is 4.13. The van der Waals surface area contributed by atoms with Crippen LogP contribution in [0.25, 0.3) is 27.7 Å². The lowest BCUT2D eigenvalue weighted by atomic mass is 9.92. The first kappa shape index (κ1) is 12.2. The molecule has 0 saturated heterocycles. The van der Waals surface area contributed by atoms with E-state index in [0.717, 1.165) is 23.0 Å². The lowest BCUT2D eigenvalue weighted by Crippen LogP contribution is -1.97.